The van der Waals surface area contributed by atoms with Crippen molar-refractivity contribution in [3.63, 3.8) is 0 Å². The van der Waals surface area contributed by atoms with Gasteiger partial charge in [0.1, 0.15) is 12.4 Å². The Balaban J connectivity index is 1.92. The second kappa shape index (κ2) is 4.69. The molecule has 0 saturated carbocycles. The summed E-state index contributed by atoms with van der Waals surface area (Å²) in [6, 6.07) is 10.00. The van der Waals surface area contributed by atoms with Crippen LogP contribution in [0.5, 0.6) is 0 Å². The first kappa shape index (κ1) is 9.84. The van der Waals surface area contributed by atoms with Gasteiger partial charge in [0.2, 0.25) is 0 Å². The van der Waals surface area contributed by atoms with Crippen LogP contribution in [0.2, 0.25) is 0 Å². The molecule has 0 amide bonds. The van der Waals surface area contributed by atoms with Crippen LogP contribution in [0.3, 0.4) is 0 Å². The van der Waals surface area contributed by atoms with Gasteiger partial charge >= 0.3 is 0 Å². The zero-order valence-electron chi connectivity index (χ0n) is 8.52. The summed E-state index contributed by atoms with van der Waals surface area (Å²) in [5.74, 6) is 1.17. The Morgan fingerprint density at radius 3 is 2.73 bits per heavy atom. The standard InChI is InChI=1S/C13H14O2/c14-12-7-4-8-13(9-12)15-10-11-5-2-1-3-6-11/h1-3,5-6,8-9,14H,4,7,10H2. The maximum atomic E-state index is 9.32. The van der Waals surface area contributed by atoms with E-state index in [4.69, 9.17) is 4.74 Å². The van der Waals surface area contributed by atoms with Gasteiger partial charge in [-0.3, -0.25) is 0 Å². The molecule has 0 aliphatic heterocycles. The Bertz CT molecular complexity index is 377. The summed E-state index contributed by atoms with van der Waals surface area (Å²) >= 11 is 0. The molecule has 2 heteroatoms. The van der Waals surface area contributed by atoms with E-state index in [1.54, 1.807) is 6.08 Å². The Morgan fingerprint density at radius 1 is 1.20 bits per heavy atom. The van der Waals surface area contributed by atoms with Gasteiger partial charge in [-0.25, -0.2) is 0 Å². The van der Waals surface area contributed by atoms with Gasteiger partial charge in [-0.1, -0.05) is 30.3 Å². The summed E-state index contributed by atoms with van der Waals surface area (Å²) in [5.41, 5.74) is 1.14. The molecule has 0 bridgehead atoms. The Morgan fingerprint density at radius 2 is 2.00 bits per heavy atom. The highest BCUT2D eigenvalue weighted by Gasteiger charge is 2.04. The van der Waals surface area contributed by atoms with E-state index in [-0.39, 0.29) is 0 Å². The fourth-order valence-electron chi connectivity index (χ4n) is 1.50. The fraction of sp³-hybridized carbons (Fsp3) is 0.231. The van der Waals surface area contributed by atoms with Crippen LogP contribution in [-0.2, 0) is 11.3 Å². The van der Waals surface area contributed by atoms with Crippen molar-refractivity contribution >= 4 is 0 Å². The number of benzene rings is 1. The van der Waals surface area contributed by atoms with Crippen molar-refractivity contribution in [2.24, 2.45) is 0 Å². The molecule has 1 aromatic rings. The summed E-state index contributed by atoms with van der Waals surface area (Å²) in [5, 5.41) is 9.32. The molecular formula is C13H14O2. The van der Waals surface area contributed by atoms with Crippen molar-refractivity contribution in [3.8, 4) is 0 Å². The molecule has 0 atom stereocenters. The van der Waals surface area contributed by atoms with E-state index >= 15 is 0 Å². The van der Waals surface area contributed by atoms with Gasteiger partial charge in [-0.05, 0) is 18.1 Å². The summed E-state index contributed by atoms with van der Waals surface area (Å²) in [6.07, 6.45) is 5.26. The number of aliphatic hydroxyl groups is 1. The van der Waals surface area contributed by atoms with Gasteiger partial charge < -0.3 is 9.84 Å². The predicted molar refractivity (Wildman–Crippen MR) is 59.3 cm³/mol. The molecule has 15 heavy (non-hydrogen) atoms. The van der Waals surface area contributed by atoms with Crippen molar-refractivity contribution in [1.29, 1.82) is 0 Å². The third kappa shape index (κ3) is 2.88. The Hall–Kier alpha value is -1.70. The third-order valence-corrected chi connectivity index (χ3v) is 2.30. The van der Waals surface area contributed by atoms with Crippen molar-refractivity contribution in [2.75, 3.05) is 0 Å². The number of hydrogen-bond donors (Lipinski definition) is 1. The molecule has 0 heterocycles. The molecule has 2 nitrogen and oxygen atoms in total. The second-order valence-corrected chi connectivity index (χ2v) is 3.56. The van der Waals surface area contributed by atoms with Crippen molar-refractivity contribution < 1.29 is 9.84 Å². The fourth-order valence-corrected chi connectivity index (χ4v) is 1.50. The monoisotopic (exact) mass is 202 g/mol. The van der Waals surface area contributed by atoms with Crippen LogP contribution in [0, 0.1) is 0 Å². The molecule has 0 spiro atoms. The van der Waals surface area contributed by atoms with Crippen LogP contribution in [0.4, 0.5) is 0 Å². The van der Waals surface area contributed by atoms with Crippen LogP contribution in [-0.4, -0.2) is 5.11 Å². The smallest absolute Gasteiger partial charge is 0.119 e. The molecule has 1 aliphatic carbocycles. The SMILES string of the molecule is OC1=CC(OCc2ccccc2)=CCC1. The van der Waals surface area contributed by atoms with Crippen molar-refractivity contribution in [2.45, 2.75) is 19.4 Å². The molecule has 0 radical (unpaired) electrons. The molecule has 0 fully saturated rings. The van der Waals surface area contributed by atoms with E-state index in [2.05, 4.69) is 0 Å². The number of ether oxygens (including phenoxy) is 1. The zero-order chi connectivity index (χ0) is 10.5. The molecule has 0 saturated heterocycles. The molecule has 0 unspecified atom stereocenters. The third-order valence-electron chi connectivity index (χ3n) is 2.30. The molecule has 78 valence electrons. The number of rotatable bonds is 3. The molecular weight excluding hydrogens is 188 g/mol. The predicted octanol–water partition coefficient (Wildman–Crippen LogP) is 3.32. The minimum absolute atomic E-state index is 0.403. The lowest BCUT2D eigenvalue weighted by atomic mass is 10.1. The Labute approximate surface area is 89.5 Å². The van der Waals surface area contributed by atoms with Crippen LogP contribution < -0.4 is 0 Å². The molecule has 1 aromatic carbocycles. The van der Waals surface area contributed by atoms with Gasteiger partial charge in [0.25, 0.3) is 0 Å². The van der Waals surface area contributed by atoms with Gasteiger partial charge in [0.15, 0.2) is 0 Å². The van der Waals surface area contributed by atoms with Crippen LogP contribution in [0.1, 0.15) is 18.4 Å². The van der Waals surface area contributed by atoms with E-state index < -0.39 is 0 Å². The van der Waals surface area contributed by atoms with Gasteiger partial charge in [-0.15, -0.1) is 0 Å². The summed E-state index contributed by atoms with van der Waals surface area (Å²) in [6.45, 7) is 0.552. The van der Waals surface area contributed by atoms with E-state index in [9.17, 15) is 5.11 Å². The van der Waals surface area contributed by atoms with Crippen LogP contribution in [0.15, 0.2) is 54.0 Å². The highest BCUT2D eigenvalue weighted by atomic mass is 16.5. The van der Waals surface area contributed by atoms with Crippen molar-refractivity contribution in [3.05, 3.63) is 59.6 Å². The lowest BCUT2D eigenvalue weighted by Crippen LogP contribution is -1.97. The minimum Gasteiger partial charge on any atom is -0.512 e. The number of aliphatic hydroxyl groups excluding tert-OH is 1. The largest absolute Gasteiger partial charge is 0.512 e. The second-order valence-electron chi connectivity index (χ2n) is 3.56. The maximum absolute atomic E-state index is 9.32. The minimum atomic E-state index is 0.403. The lowest BCUT2D eigenvalue weighted by Gasteiger charge is -2.11. The summed E-state index contributed by atoms with van der Waals surface area (Å²) in [7, 11) is 0. The molecule has 2 rings (SSSR count). The average molecular weight is 202 g/mol. The number of hydrogen-bond acceptors (Lipinski definition) is 2. The first-order valence-electron chi connectivity index (χ1n) is 5.11. The van der Waals surface area contributed by atoms with Gasteiger partial charge in [-0.2, -0.15) is 0 Å². The quantitative estimate of drug-likeness (QED) is 0.814. The van der Waals surface area contributed by atoms with E-state index in [1.165, 1.54) is 0 Å². The maximum Gasteiger partial charge on any atom is 0.119 e. The van der Waals surface area contributed by atoms with Crippen molar-refractivity contribution in [1.82, 2.24) is 0 Å². The highest BCUT2D eigenvalue weighted by Crippen LogP contribution is 2.17. The zero-order valence-corrected chi connectivity index (χ0v) is 8.52. The summed E-state index contributed by atoms with van der Waals surface area (Å²) in [4.78, 5) is 0. The summed E-state index contributed by atoms with van der Waals surface area (Å²) < 4.78 is 5.56. The molecule has 1 aliphatic rings. The van der Waals surface area contributed by atoms with Crippen LogP contribution in [0.25, 0.3) is 0 Å². The first-order chi connectivity index (χ1) is 7.34. The van der Waals surface area contributed by atoms with Gasteiger partial charge in [0.05, 0.1) is 5.76 Å². The topological polar surface area (TPSA) is 29.5 Å². The van der Waals surface area contributed by atoms with E-state index in [0.717, 1.165) is 24.2 Å². The number of allylic oxidation sites excluding steroid dienone is 3. The first-order valence-corrected chi connectivity index (χ1v) is 5.11. The van der Waals surface area contributed by atoms with E-state index in [1.807, 2.05) is 36.4 Å². The Kier molecular flexibility index (Phi) is 3.08. The van der Waals surface area contributed by atoms with Gasteiger partial charge in [0, 0.05) is 12.5 Å². The normalized spacial score (nSPS) is 15.5. The highest BCUT2D eigenvalue weighted by molar-refractivity contribution is 5.20. The molecule has 1 N–H and O–H groups in total. The average Bonchev–Trinajstić information content (AvgIpc) is 2.28. The van der Waals surface area contributed by atoms with E-state index in [0.29, 0.717) is 12.4 Å². The molecule has 0 aromatic heterocycles. The lowest BCUT2D eigenvalue weighted by molar-refractivity contribution is 0.205. The van der Waals surface area contributed by atoms with Crippen LogP contribution >= 0.6 is 0 Å².